The minimum Gasteiger partial charge on any atom is -0.451 e. The number of carbonyl (C=O) groups is 2. The largest absolute Gasteiger partial charge is 0.451 e. The van der Waals surface area contributed by atoms with E-state index in [0.29, 0.717) is 16.9 Å². The summed E-state index contributed by atoms with van der Waals surface area (Å²) in [5.41, 5.74) is 2.75. The van der Waals surface area contributed by atoms with E-state index < -0.39 is 25.1 Å². The van der Waals surface area contributed by atoms with Crippen LogP contribution in [0.4, 0.5) is 14.5 Å². The smallest absolute Gasteiger partial charge is 0.387 e. The molecule has 0 spiro atoms. The fourth-order valence-corrected chi connectivity index (χ4v) is 3.09. The van der Waals surface area contributed by atoms with Gasteiger partial charge in [-0.2, -0.15) is 19.1 Å². The van der Waals surface area contributed by atoms with E-state index >= 15 is 0 Å². The number of alkyl halides is 2. The third kappa shape index (κ3) is 6.04. The standard InChI is InChI=1S/C24H20F2N4O4/c1-15-21(16(2)30(29-15)19-6-4-3-5-7-19)12-17(13-27)23(32)33-14-22(31)28-18-8-10-20(11-9-18)34-24(25)26/h3-12,24H,14H2,1-2H3,(H,28,31). The molecule has 0 aliphatic rings. The molecule has 1 amide bonds. The molecule has 0 saturated carbocycles. The number of benzene rings is 2. The van der Waals surface area contributed by atoms with Crippen molar-refractivity contribution in [1.82, 2.24) is 9.78 Å². The van der Waals surface area contributed by atoms with E-state index in [9.17, 15) is 23.6 Å². The molecule has 0 aliphatic heterocycles. The summed E-state index contributed by atoms with van der Waals surface area (Å²) in [6, 6.07) is 16.4. The lowest BCUT2D eigenvalue weighted by atomic mass is 10.1. The van der Waals surface area contributed by atoms with Crippen LogP contribution in [0.2, 0.25) is 0 Å². The van der Waals surface area contributed by atoms with Crippen molar-refractivity contribution in [2.75, 3.05) is 11.9 Å². The van der Waals surface area contributed by atoms with Gasteiger partial charge in [-0.05, 0) is 56.3 Å². The Morgan fingerprint density at radius 3 is 2.44 bits per heavy atom. The first kappa shape index (κ1) is 24.1. The minimum atomic E-state index is -2.96. The lowest BCUT2D eigenvalue weighted by Crippen LogP contribution is -2.21. The fourth-order valence-electron chi connectivity index (χ4n) is 3.09. The van der Waals surface area contributed by atoms with Gasteiger partial charge < -0.3 is 14.8 Å². The zero-order valence-electron chi connectivity index (χ0n) is 18.3. The van der Waals surface area contributed by atoms with Crippen LogP contribution in [0.1, 0.15) is 17.0 Å². The Morgan fingerprint density at radius 1 is 1.15 bits per heavy atom. The molecular formula is C24H20F2N4O4. The summed E-state index contributed by atoms with van der Waals surface area (Å²) < 4.78 is 35.3. The number of ether oxygens (including phenoxy) is 2. The summed E-state index contributed by atoms with van der Waals surface area (Å²) in [5, 5.41) is 16.4. The van der Waals surface area contributed by atoms with Crippen LogP contribution in [0.15, 0.2) is 60.2 Å². The second-order valence-electron chi connectivity index (χ2n) is 7.03. The second kappa shape index (κ2) is 10.9. The number of hydrogen-bond acceptors (Lipinski definition) is 6. The van der Waals surface area contributed by atoms with E-state index in [1.54, 1.807) is 17.7 Å². The average Bonchev–Trinajstić information content (AvgIpc) is 3.10. The molecule has 3 aromatic rings. The van der Waals surface area contributed by atoms with Gasteiger partial charge in [0.2, 0.25) is 0 Å². The Kier molecular flexibility index (Phi) is 7.71. The molecule has 0 unspecified atom stereocenters. The molecule has 1 aromatic heterocycles. The molecule has 34 heavy (non-hydrogen) atoms. The van der Waals surface area contributed by atoms with Crippen LogP contribution >= 0.6 is 0 Å². The summed E-state index contributed by atoms with van der Waals surface area (Å²) in [6.07, 6.45) is 1.37. The van der Waals surface area contributed by atoms with E-state index in [0.717, 1.165) is 11.4 Å². The molecule has 3 rings (SSSR count). The predicted octanol–water partition coefficient (Wildman–Crippen LogP) is 4.18. The maximum absolute atomic E-state index is 12.4. The Morgan fingerprint density at radius 2 is 1.82 bits per heavy atom. The van der Waals surface area contributed by atoms with Crippen LogP contribution in [0.5, 0.6) is 5.75 Å². The topological polar surface area (TPSA) is 106 Å². The number of para-hydroxylation sites is 1. The van der Waals surface area contributed by atoms with Gasteiger partial charge in [0, 0.05) is 16.9 Å². The van der Waals surface area contributed by atoms with Gasteiger partial charge in [0.25, 0.3) is 5.91 Å². The Labute approximate surface area is 194 Å². The van der Waals surface area contributed by atoms with Crippen LogP contribution in [-0.2, 0) is 14.3 Å². The number of carbonyl (C=O) groups excluding carboxylic acids is 2. The van der Waals surface area contributed by atoms with E-state index in [-0.39, 0.29) is 11.3 Å². The SMILES string of the molecule is Cc1nn(-c2ccccc2)c(C)c1C=C(C#N)C(=O)OCC(=O)Nc1ccc(OC(F)F)cc1. The maximum atomic E-state index is 12.4. The molecule has 1 heterocycles. The van der Waals surface area contributed by atoms with E-state index in [2.05, 4.69) is 15.2 Å². The van der Waals surface area contributed by atoms with Crippen LogP contribution in [0, 0.1) is 25.2 Å². The van der Waals surface area contributed by atoms with Crippen molar-refractivity contribution in [3.05, 3.63) is 77.1 Å². The summed E-state index contributed by atoms with van der Waals surface area (Å²) in [4.78, 5) is 24.4. The molecule has 0 bridgehead atoms. The molecule has 0 atom stereocenters. The zero-order chi connectivity index (χ0) is 24.7. The molecule has 0 saturated heterocycles. The van der Waals surface area contributed by atoms with Crippen LogP contribution in [0.25, 0.3) is 11.8 Å². The molecular weight excluding hydrogens is 446 g/mol. The molecule has 1 N–H and O–H groups in total. The van der Waals surface area contributed by atoms with Crippen molar-refractivity contribution < 1.29 is 27.8 Å². The number of anilines is 1. The van der Waals surface area contributed by atoms with E-state index in [4.69, 9.17) is 4.74 Å². The highest BCUT2D eigenvalue weighted by molar-refractivity contribution is 6.00. The van der Waals surface area contributed by atoms with Crippen LogP contribution < -0.4 is 10.1 Å². The van der Waals surface area contributed by atoms with Gasteiger partial charge in [-0.1, -0.05) is 18.2 Å². The van der Waals surface area contributed by atoms with E-state index in [1.807, 2.05) is 37.3 Å². The Balaban J connectivity index is 1.64. The molecule has 8 nitrogen and oxygen atoms in total. The molecule has 174 valence electrons. The molecule has 2 aromatic carbocycles. The first-order valence-corrected chi connectivity index (χ1v) is 10.0. The zero-order valence-corrected chi connectivity index (χ0v) is 18.3. The van der Waals surface area contributed by atoms with Crippen molar-refractivity contribution in [2.45, 2.75) is 20.5 Å². The van der Waals surface area contributed by atoms with Gasteiger partial charge >= 0.3 is 12.6 Å². The van der Waals surface area contributed by atoms with Crippen molar-refractivity contribution in [2.24, 2.45) is 0 Å². The summed E-state index contributed by atoms with van der Waals surface area (Å²) >= 11 is 0. The highest BCUT2D eigenvalue weighted by atomic mass is 19.3. The number of nitrogens with one attached hydrogen (secondary N) is 1. The van der Waals surface area contributed by atoms with Gasteiger partial charge in [-0.15, -0.1) is 0 Å². The van der Waals surface area contributed by atoms with Crippen LogP contribution in [0.3, 0.4) is 0 Å². The van der Waals surface area contributed by atoms with Crippen molar-refractivity contribution >= 4 is 23.6 Å². The second-order valence-corrected chi connectivity index (χ2v) is 7.03. The third-order valence-electron chi connectivity index (χ3n) is 4.67. The number of esters is 1. The first-order chi connectivity index (χ1) is 16.3. The number of rotatable bonds is 8. The number of aryl methyl sites for hydroxylation is 1. The highest BCUT2D eigenvalue weighted by Crippen LogP contribution is 2.21. The number of nitrogens with zero attached hydrogens (tertiary/aromatic N) is 3. The lowest BCUT2D eigenvalue weighted by Gasteiger charge is -2.08. The molecule has 10 heteroatoms. The number of aromatic nitrogens is 2. The van der Waals surface area contributed by atoms with Gasteiger partial charge in [-0.25, -0.2) is 9.48 Å². The highest BCUT2D eigenvalue weighted by Gasteiger charge is 2.17. The Bertz CT molecular complexity index is 1250. The number of halogens is 2. The predicted molar refractivity (Wildman–Crippen MR) is 119 cm³/mol. The first-order valence-electron chi connectivity index (χ1n) is 10.0. The van der Waals surface area contributed by atoms with Crippen LogP contribution in [-0.4, -0.2) is 34.9 Å². The van der Waals surface area contributed by atoms with Crippen molar-refractivity contribution in [3.63, 3.8) is 0 Å². The van der Waals surface area contributed by atoms with Gasteiger partial charge in [0.05, 0.1) is 11.4 Å². The van der Waals surface area contributed by atoms with Gasteiger partial charge in [0.15, 0.2) is 6.61 Å². The third-order valence-corrected chi connectivity index (χ3v) is 4.67. The molecule has 0 aliphatic carbocycles. The summed E-state index contributed by atoms with van der Waals surface area (Å²) in [6.45, 7) is -0.0371. The average molecular weight is 466 g/mol. The quantitative estimate of drug-likeness (QED) is 0.303. The number of nitriles is 1. The number of amides is 1. The summed E-state index contributed by atoms with van der Waals surface area (Å²) in [5.74, 6) is -1.70. The molecule has 0 fully saturated rings. The number of hydrogen-bond donors (Lipinski definition) is 1. The molecule has 0 radical (unpaired) electrons. The van der Waals surface area contributed by atoms with Crippen molar-refractivity contribution in [1.29, 1.82) is 5.26 Å². The van der Waals surface area contributed by atoms with Gasteiger partial charge in [-0.3, -0.25) is 4.79 Å². The lowest BCUT2D eigenvalue weighted by molar-refractivity contribution is -0.142. The van der Waals surface area contributed by atoms with Crippen molar-refractivity contribution in [3.8, 4) is 17.5 Å². The van der Waals surface area contributed by atoms with E-state index in [1.165, 1.54) is 30.3 Å². The van der Waals surface area contributed by atoms with Gasteiger partial charge in [0.1, 0.15) is 17.4 Å². The Hall–Kier alpha value is -4.52. The maximum Gasteiger partial charge on any atom is 0.387 e. The normalized spacial score (nSPS) is 11.1. The minimum absolute atomic E-state index is 0.0654. The summed E-state index contributed by atoms with van der Waals surface area (Å²) in [7, 11) is 0. The fraction of sp³-hybridized carbons (Fsp3) is 0.167. The monoisotopic (exact) mass is 466 g/mol.